The lowest BCUT2D eigenvalue weighted by molar-refractivity contribution is -0.119. The molecular weight excluding hydrogens is 448 g/mol. The molecule has 3 amide bonds. The second-order valence-electron chi connectivity index (χ2n) is 8.34. The van der Waals surface area contributed by atoms with E-state index in [1.54, 1.807) is 29.0 Å². The third-order valence-electron chi connectivity index (χ3n) is 6.03. The Kier molecular flexibility index (Phi) is 7.13. The molecule has 2 aromatic rings. The number of carbonyl (C=O) groups excluding carboxylic acids is 3. The lowest BCUT2D eigenvalue weighted by Gasteiger charge is -2.22. The number of carbonyl (C=O) groups is 3. The first kappa shape index (κ1) is 22.8. The van der Waals surface area contributed by atoms with Crippen LogP contribution in [0.25, 0.3) is 0 Å². The number of hydrogen-bond acceptors (Lipinski definition) is 5. The normalized spacial score (nSPS) is 18.9. The molecule has 3 heterocycles. The van der Waals surface area contributed by atoms with Crippen molar-refractivity contribution >= 4 is 52.0 Å². The summed E-state index contributed by atoms with van der Waals surface area (Å²) in [4.78, 5) is 43.5. The minimum absolute atomic E-state index is 0.0367. The predicted octanol–water partition coefficient (Wildman–Crippen LogP) is 3.24. The van der Waals surface area contributed by atoms with Gasteiger partial charge in [-0.1, -0.05) is 11.6 Å². The third-order valence-corrected chi connectivity index (χ3v) is 7.26. The molecule has 0 radical (unpaired) electrons. The van der Waals surface area contributed by atoms with E-state index < -0.39 is 0 Å². The number of benzene rings is 1. The highest BCUT2D eigenvalue weighted by molar-refractivity contribution is 7.18. The minimum Gasteiger partial charge on any atom is -0.351 e. The van der Waals surface area contributed by atoms with E-state index in [4.69, 9.17) is 11.6 Å². The molecule has 9 heteroatoms. The molecule has 2 aliphatic heterocycles. The summed E-state index contributed by atoms with van der Waals surface area (Å²) in [6, 6.07) is 10.9. The SMILES string of the molecule is CN(C(=O)CN1CCCC1)c1ccc(N2CC(CNC(=O)c3ccc(Cl)s3)CC2=O)cc1. The van der Waals surface area contributed by atoms with Crippen molar-refractivity contribution in [2.45, 2.75) is 19.3 Å². The summed E-state index contributed by atoms with van der Waals surface area (Å²) in [5, 5.41) is 2.90. The lowest BCUT2D eigenvalue weighted by atomic mass is 10.1. The van der Waals surface area contributed by atoms with Gasteiger partial charge in [-0.2, -0.15) is 0 Å². The van der Waals surface area contributed by atoms with E-state index in [0.717, 1.165) is 37.3 Å². The van der Waals surface area contributed by atoms with E-state index in [1.807, 2.05) is 24.3 Å². The summed E-state index contributed by atoms with van der Waals surface area (Å²) in [7, 11) is 1.79. The van der Waals surface area contributed by atoms with Crippen LogP contribution in [0.3, 0.4) is 0 Å². The van der Waals surface area contributed by atoms with Crippen molar-refractivity contribution in [2.75, 3.05) is 49.6 Å². The van der Waals surface area contributed by atoms with Crippen molar-refractivity contribution in [2.24, 2.45) is 5.92 Å². The van der Waals surface area contributed by atoms with Crippen LogP contribution in [0, 0.1) is 5.92 Å². The van der Waals surface area contributed by atoms with E-state index >= 15 is 0 Å². The van der Waals surface area contributed by atoms with Gasteiger partial charge in [0.25, 0.3) is 5.91 Å². The maximum absolute atomic E-state index is 12.6. The van der Waals surface area contributed by atoms with Gasteiger partial charge in [0, 0.05) is 43.9 Å². The number of anilines is 2. The van der Waals surface area contributed by atoms with E-state index in [1.165, 1.54) is 11.3 Å². The highest BCUT2D eigenvalue weighted by atomic mass is 35.5. The molecule has 1 unspecified atom stereocenters. The summed E-state index contributed by atoms with van der Waals surface area (Å²) >= 11 is 7.12. The number of hydrogen-bond donors (Lipinski definition) is 1. The van der Waals surface area contributed by atoms with Crippen molar-refractivity contribution in [3.05, 3.63) is 45.6 Å². The molecule has 2 aliphatic rings. The highest BCUT2D eigenvalue weighted by Gasteiger charge is 2.31. The van der Waals surface area contributed by atoms with Crippen molar-refractivity contribution < 1.29 is 14.4 Å². The van der Waals surface area contributed by atoms with Gasteiger partial charge in [-0.25, -0.2) is 0 Å². The van der Waals surface area contributed by atoms with E-state index in [0.29, 0.717) is 35.3 Å². The lowest BCUT2D eigenvalue weighted by Crippen LogP contribution is -2.37. The van der Waals surface area contributed by atoms with Gasteiger partial charge in [-0.3, -0.25) is 19.3 Å². The smallest absolute Gasteiger partial charge is 0.261 e. The Morgan fingerprint density at radius 1 is 1.16 bits per heavy atom. The number of nitrogens with one attached hydrogen (secondary N) is 1. The average molecular weight is 475 g/mol. The molecule has 7 nitrogen and oxygen atoms in total. The van der Waals surface area contributed by atoms with Crippen LogP contribution in [0.2, 0.25) is 4.34 Å². The van der Waals surface area contributed by atoms with Gasteiger partial charge >= 0.3 is 0 Å². The van der Waals surface area contributed by atoms with Gasteiger partial charge in [-0.15, -0.1) is 11.3 Å². The second kappa shape index (κ2) is 10.0. The fourth-order valence-electron chi connectivity index (χ4n) is 4.17. The van der Waals surface area contributed by atoms with Crippen molar-refractivity contribution in [1.82, 2.24) is 10.2 Å². The number of nitrogens with zero attached hydrogens (tertiary/aromatic N) is 3. The summed E-state index contributed by atoms with van der Waals surface area (Å²) in [5.41, 5.74) is 1.61. The molecule has 32 heavy (non-hydrogen) atoms. The Balaban J connectivity index is 1.31. The average Bonchev–Trinajstić information content (AvgIpc) is 3.53. The largest absolute Gasteiger partial charge is 0.351 e. The zero-order valence-electron chi connectivity index (χ0n) is 18.1. The van der Waals surface area contributed by atoms with Crippen molar-refractivity contribution in [1.29, 1.82) is 0 Å². The minimum atomic E-state index is -0.168. The second-order valence-corrected chi connectivity index (χ2v) is 10.1. The first-order valence-corrected chi connectivity index (χ1v) is 12.0. The first-order valence-electron chi connectivity index (χ1n) is 10.8. The molecule has 2 fully saturated rings. The molecule has 0 spiro atoms. The molecule has 4 rings (SSSR count). The topological polar surface area (TPSA) is 73.0 Å². The number of thiophene rings is 1. The van der Waals surface area contributed by atoms with Gasteiger partial charge in [-0.05, 0) is 62.3 Å². The Morgan fingerprint density at radius 2 is 1.88 bits per heavy atom. The molecule has 1 atom stereocenters. The van der Waals surface area contributed by atoms with Gasteiger partial charge in [0.05, 0.1) is 15.8 Å². The van der Waals surface area contributed by atoms with E-state index in [9.17, 15) is 14.4 Å². The molecule has 1 aromatic carbocycles. The highest BCUT2D eigenvalue weighted by Crippen LogP contribution is 2.27. The van der Waals surface area contributed by atoms with Crippen LogP contribution in [0.4, 0.5) is 11.4 Å². The van der Waals surface area contributed by atoms with Crippen LogP contribution in [0.5, 0.6) is 0 Å². The standard InChI is InChI=1S/C23H27ClN4O3S/c1-26(22(30)15-27-10-2-3-11-27)17-4-6-18(7-5-17)28-14-16(12-21(28)29)13-25-23(31)19-8-9-20(24)32-19/h4-9,16H,2-3,10-15H2,1H3,(H,25,31). The summed E-state index contributed by atoms with van der Waals surface area (Å²) < 4.78 is 0.573. The zero-order valence-corrected chi connectivity index (χ0v) is 19.6. The fourth-order valence-corrected chi connectivity index (χ4v) is 5.13. The third kappa shape index (κ3) is 5.31. The number of likely N-dealkylation sites (tertiary alicyclic amines) is 1. The van der Waals surface area contributed by atoms with Crippen LogP contribution >= 0.6 is 22.9 Å². The Morgan fingerprint density at radius 3 is 2.53 bits per heavy atom. The van der Waals surface area contributed by atoms with Crippen LogP contribution < -0.4 is 15.1 Å². The van der Waals surface area contributed by atoms with Gasteiger partial charge in [0.15, 0.2) is 0 Å². The number of rotatable bonds is 7. The predicted molar refractivity (Wildman–Crippen MR) is 128 cm³/mol. The fraction of sp³-hybridized carbons (Fsp3) is 0.435. The van der Waals surface area contributed by atoms with E-state index in [2.05, 4.69) is 10.2 Å². The zero-order chi connectivity index (χ0) is 22.7. The van der Waals surface area contributed by atoms with Gasteiger partial charge in [0.2, 0.25) is 11.8 Å². The Hall–Kier alpha value is -2.42. The monoisotopic (exact) mass is 474 g/mol. The van der Waals surface area contributed by atoms with Crippen LogP contribution in [-0.2, 0) is 9.59 Å². The Bertz CT molecular complexity index is 987. The van der Waals surface area contributed by atoms with Crippen molar-refractivity contribution in [3.63, 3.8) is 0 Å². The number of likely N-dealkylation sites (N-methyl/N-ethyl adjacent to an activating group) is 1. The summed E-state index contributed by atoms with van der Waals surface area (Å²) in [6.07, 6.45) is 2.70. The molecule has 1 aromatic heterocycles. The maximum atomic E-state index is 12.6. The number of halogens is 1. The summed E-state index contributed by atoms with van der Waals surface area (Å²) in [5.74, 6) is -0.0144. The molecule has 170 valence electrons. The van der Waals surface area contributed by atoms with Gasteiger partial charge < -0.3 is 15.1 Å². The van der Waals surface area contributed by atoms with Crippen LogP contribution in [0.15, 0.2) is 36.4 Å². The quantitative estimate of drug-likeness (QED) is 0.668. The molecule has 0 aliphatic carbocycles. The molecular formula is C23H27ClN4O3S. The van der Waals surface area contributed by atoms with Crippen molar-refractivity contribution in [3.8, 4) is 0 Å². The molecule has 0 saturated carbocycles. The number of amides is 3. The maximum Gasteiger partial charge on any atom is 0.261 e. The molecule has 0 bridgehead atoms. The first-order chi connectivity index (χ1) is 15.4. The van der Waals surface area contributed by atoms with E-state index in [-0.39, 0.29) is 23.6 Å². The summed E-state index contributed by atoms with van der Waals surface area (Å²) in [6.45, 7) is 3.39. The molecule has 1 N–H and O–H groups in total. The molecule has 2 saturated heterocycles. The van der Waals surface area contributed by atoms with Crippen LogP contribution in [0.1, 0.15) is 28.9 Å². The van der Waals surface area contributed by atoms with Crippen LogP contribution in [-0.4, -0.2) is 62.4 Å². The Labute approximate surface area is 196 Å². The van der Waals surface area contributed by atoms with Gasteiger partial charge in [0.1, 0.15) is 0 Å².